The van der Waals surface area contributed by atoms with Crippen molar-refractivity contribution >= 4 is 5.91 Å². The monoisotopic (exact) mass is 343 g/mol. The van der Waals surface area contributed by atoms with Gasteiger partial charge in [-0.1, -0.05) is 42.5 Å². The Balaban J connectivity index is 1.52. The number of amides is 1. The van der Waals surface area contributed by atoms with Crippen LogP contribution in [-0.4, -0.2) is 24.2 Å². The van der Waals surface area contributed by atoms with Crippen LogP contribution in [0.3, 0.4) is 0 Å². The Hall–Kier alpha value is -2.24. The lowest BCUT2D eigenvalue weighted by atomic mass is 9.95. The summed E-state index contributed by atoms with van der Waals surface area (Å²) in [5.41, 5.74) is 1.51. The fraction of sp³-hybridized carbons (Fsp3) is 0.350. The highest BCUT2D eigenvalue weighted by molar-refractivity contribution is 5.76. The van der Waals surface area contributed by atoms with Gasteiger partial charge in [0.1, 0.15) is 5.82 Å². The first-order valence-electron chi connectivity index (χ1n) is 8.50. The Morgan fingerprint density at radius 2 is 2.04 bits per heavy atom. The molecule has 0 radical (unpaired) electrons. The zero-order valence-corrected chi connectivity index (χ0v) is 13.9. The fourth-order valence-corrected chi connectivity index (χ4v) is 3.18. The van der Waals surface area contributed by atoms with E-state index in [1.54, 1.807) is 6.07 Å². The number of aliphatic hydroxyl groups is 1. The van der Waals surface area contributed by atoms with E-state index in [1.165, 1.54) is 18.2 Å². The lowest BCUT2D eigenvalue weighted by Crippen LogP contribution is -2.31. The second kappa shape index (κ2) is 8.23. The normalized spacial score (nSPS) is 21.0. The maximum absolute atomic E-state index is 13.2. The summed E-state index contributed by atoms with van der Waals surface area (Å²) >= 11 is 0. The van der Waals surface area contributed by atoms with E-state index in [0.717, 1.165) is 12.0 Å². The maximum Gasteiger partial charge on any atom is 0.222 e. The van der Waals surface area contributed by atoms with Gasteiger partial charge in [0.05, 0.1) is 18.6 Å². The lowest BCUT2D eigenvalue weighted by Gasteiger charge is -2.20. The van der Waals surface area contributed by atoms with Crippen LogP contribution >= 0.6 is 0 Å². The molecular weight excluding hydrogens is 321 g/mol. The molecule has 5 heteroatoms. The van der Waals surface area contributed by atoms with Gasteiger partial charge in [0.2, 0.25) is 5.91 Å². The number of hydrogen-bond acceptors (Lipinski definition) is 3. The van der Waals surface area contributed by atoms with E-state index < -0.39 is 11.9 Å². The van der Waals surface area contributed by atoms with E-state index in [0.29, 0.717) is 18.7 Å². The number of halogens is 1. The van der Waals surface area contributed by atoms with Crippen LogP contribution in [0.15, 0.2) is 54.6 Å². The molecular formula is C20H22FNO3. The smallest absolute Gasteiger partial charge is 0.222 e. The van der Waals surface area contributed by atoms with Crippen molar-refractivity contribution in [3.63, 3.8) is 0 Å². The van der Waals surface area contributed by atoms with Crippen LogP contribution in [0.25, 0.3) is 0 Å². The first kappa shape index (κ1) is 17.6. The second-order valence-electron chi connectivity index (χ2n) is 6.33. The highest BCUT2D eigenvalue weighted by atomic mass is 19.1. The number of rotatable bonds is 6. The van der Waals surface area contributed by atoms with Gasteiger partial charge >= 0.3 is 0 Å². The standard InChI is InChI=1S/C20H22FNO3/c21-17-8-4-7-15(11-17)18(23)12-19(24)22-13-16-9-10-25-20(16)14-5-2-1-3-6-14/h1-8,11,16,18,20,23H,9-10,12-13H2,(H,22,24)/t16-,18+,20+/m1/s1. The van der Waals surface area contributed by atoms with E-state index in [-0.39, 0.29) is 24.3 Å². The molecule has 1 fully saturated rings. The number of ether oxygens (including phenoxy) is 1. The summed E-state index contributed by atoms with van der Waals surface area (Å²) in [5, 5.41) is 13.0. The van der Waals surface area contributed by atoms with Crippen molar-refractivity contribution in [1.29, 1.82) is 0 Å². The van der Waals surface area contributed by atoms with Crippen LogP contribution in [-0.2, 0) is 9.53 Å². The van der Waals surface area contributed by atoms with Gasteiger partial charge in [-0.15, -0.1) is 0 Å². The molecule has 1 saturated heterocycles. The molecule has 0 saturated carbocycles. The Kier molecular flexibility index (Phi) is 5.79. The largest absolute Gasteiger partial charge is 0.388 e. The van der Waals surface area contributed by atoms with Crippen molar-refractivity contribution in [2.45, 2.75) is 25.0 Å². The molecule has 132 valence electrons. The SMILES string of the molecule is O=C(C[C@H](O)c1cccc(F)c1)NC[C@H]1CCO[C@H]1c1ccccc1. The average molecular weight is 343 g/mol. The molecule has 2 aromatic rings. The molecule has 3 atom stereocenters. The van der Waals surface area contributed by atoms with Crippen molar-refractivity contribution in [3.05, 3.63) is 71.5 Å². The first-order chi connectivity index (χ1) is 12.1. The summed E-state index contributed by atoms with van der Waals surface area (Å²) in [6, 6.07) is 15.6. The van der Waals surface area contributed by atoms with Gasteiger partial charge in [-0.3, -0.25) is 4.79 Å². The Bertz CT molecular complexity index is 707. The molecule has 0 aromatic heterocycles. The van der Waals surface area contributed by atoms with Crippen molar-refractivity contribution in [2.75, 3.05) is 13.2 Å². The lowest BCUT2D eigenvalue weighted by molar-refractivity contribution is -0.123. The third-order valence-electron chi connectivity index (χ3n) is 4.52. The van der Waals surface area contributed by atoms with Crippen molar-refractivity contribution in [3.8, 4) is 0 Å². The molecule has 0 spiro atoms. The van der Waals surface area contributed by atoms with Gasteiger partial charge < -0.3 is 15.2 Å². The predicted molar refractivity (Wildman–Crippen MR) is 92.2 cm³/mol. The first-order valence-corrected chi connectivity index (χ1v) is 8.50. The fourth-order valence-electron chi connectivity index (χ4n) is 3.18. The minimum absolute atomic E-state index is 0.0188. The van der Waals surface area contributed by atoms with E-state index in [9.17, 15) is 14.3 Å². The van der Waals surface area contributed by atoms with Crippen molar-refractivity contribution in [1.82, 2.24) is 5.32 Å². The number of benzene rings is 2. The van der Waals surface area contributed by atoms with Gasteiger partial charge in [0.25, 0.3) is 0 Å². The molecule has 1 amide bonds. The minimum Gasteiger partial charge on any atom is -0.388 e. The van der Waals surface area contributed by atoms with E-state index in [2.05, 4.69) is 5.32 Å². The highest BCUT2D eigenvalue weighted by Gasteiger charge is 2.29. The molecule has 0 aliphatic carbocycles. The summed E-state index contributed by atoms with van der Waals surface area (Å²) in [5.74, 6) is -0.473. The number of carbonyl (C=O) groups excluding carboxylic acids is 1. The van der Waals surface area contributed by atoms with Crippen LogP contribution in [0, 0.1) is 11.7 Å². The number of aliphatic hydroxyl groups excluding tert-OH is 1. The summed E-state index contributed by atoms with van der Waals surface area (Å²) in [7, 11) is 0. The zero-order valence-electron chi connectivity index (χ0n) is 13.9. The third-order valence-corrected chi connectivity index (χ3v) is 4.52. The zero-order chi connectivity index (χ0) is 17.6. The number of nitrogens with one attached hydrogen (secondary N) is 1. The van der Waals surface area contributed by atoms with Gasteiger partial charge in [0.15, 0.2) is 0 Å². The van der Waals surface area contributed by atoms with Crippen molar-refractivity contribution < 1.29 is 19.0 Å². The van der Waals surface area contributed by atoms with E-state index in [1.807, 2.05) is 30.3 Å². The quantitative estimate of drug-likeness (QED) is 0.847. The molecule has 1 heterocycles. The number of carbonyl (C=O) groups is 1. The molecule has 1 aliphatic heterocycles. The molecule has 4 nitrogen and oxygen atoms in total. The number of hydrogen-bond donors (Lipinski definition) is 2. The second-order valence-corrected chi connectivity index (χ2v) is 6.33. The van der Waals surface area contributed by atoms with Gasteiger partial charge in [0, 0.05) is 19.1 Å². The van der Waals surface area contributed by atoms with Crippen LogP contribution in [0.5, 0.6) is 0 Å². The maximum atomic E-state index is 13.2. The molecule has 1 aliphatic rings. The Morgan fingerprint density at radius 3 is 2.80 bits per heavy atom. The summed E-state index contributed by atoms with van der Waals surface area (Å²) in [6.07, 6.45) is -0.241. The summed E-state index contributed by atoms with van der Waals surface area (Å²) in [4.78, 5) is 12.1. The average Bonchev–Trinajstić information content (AvgIpc) is 3.09. The van der Waals surface area contributed by atoms with Crippen LogP contribution in [0.1, 0.15) is 36.2 Å². The Labute approximate surface area is 146 Å². The molecule has 3 rings (SSSR count). The van der Waals surface area contributed by atoms with E-state index >= 15 is 0 Å². The van der Waals surface area contributed by atoms with Crippen LogP contribution < -0.4 is 5.32 Å². The van der Waals surface area contributed by atoms with Crippen molar-refractivity contribution in [2.24, 2.45) is 5.92 Å². The molecule has 0 bridgehead atoms. The van der Waals surface area contributed by atoms with Crippen LogP contribution in [0.4, 0.5) is 4.39 Å². The van der Waals surface area contributed by atoms with Crippen LogP contribution in [0.2, 0.25) is 0 Å². The molecule has 2 aromatic carbocycles. The summed E-state index contributed by atoms with van der Waals surface area (Å²) < 4.78 is 19.0. The Morgan fingerprint density at radius 1 is 1.24 bits per heavy atom. The van der Waals surface area contributed by atoms with Gasteiger partial charge in [-0.05, 0) is 29.7 Å². The van der Waals surface area contributed by atoms with Gasteiger partial charge in [-0.2, -0.15) is 0 Å². The molecule has 2 N–H and O–H groups in total. The third kappa shape index (κ3) is 4.65. The topological polar surface area (TPSA) is 58.6 Å². The summed E-state index contributed by atoms with van der Waals surface area (Å²) in [6.45, 7) is 1.17. The molecule has 0 unspecified atom stereocenters. The molecule has 25 heavy (non-hydrogen) atoms. The minimum atomic E-state index is -1.01. The highest BCUT2D eigenvalue weighted by Crippen LogP contribution is 2.33. The van der Waals surface area contributed by atoms with Gasteiger partial charge in [-0.25, -0.2) is 4.39 Å². The predicted octanol–water partition coefficient (Wildman–Crippen LogP) is 3.14. The van der Waals surface area contributed by atoms with E-state index in [4.69, 9.17) is 4.74 Å².